The normalized spacial score (nSPS) is 16.3. The molecule has 0 radical (unpaired) electrons. The Morgan fingerprint density at radius 3 is 2.81 bits per heavy atom. The molecule has 0 bridgehead atoms. The molecule has 2 N–H and O–H groups in total. The second-order valence-electron chi connectivity index (χ2n) is 7.62. The van der Waals surface area contributed by atoms with Gasteiger partial charge in [0.1, 0.15) is 11.9 Å². The number of para-hydroxylation sites is 1. The Labute approximate surface area is 183 Å². The number of aliphatic imine (C=N–C) groups is 1. The van der Waals surface area contributed by atoms with Crippen LogP contribution in [0, 0.1) is 6.92 Å². The standard InChI is InChI=1S/C24H29N5O2/c1-18-8-9-20(23(12-18)31-22-10-11-30-17-22)15-27-24(25-2)26-13-19-14-28-29(16-19)21-6-4-3-5-7-21/h3-9,12,14,16,22H,10-11,13,15,17H2,1-2H3,(H2,25,26,27). The van der Waals surface area contributed by atoms with Gasteiger partial charge in [0.25, 0.3) is 0 Å². The van der Waals surface area contributed by atoms with Crippen LogP contribution in [0.25, 0.3) is 5.69 Å². The quantitative estimate of drug-likeness (QED) is 0.455. The first-order valence-electron chi connectivity index (χ1n) is 10.6. The van der Waals surface area contributed by atoms with Crippen molar-refractivity contribution >= 4 is 5.96 Å². The van der Waals surface area contributed by atoms with E-state index in [4.69, 9.17) is 9.47 Å². The van der Waals surface area contributed by atoms with Crippen LogP contribution in [-0.4, -0.2) is 42.1 Å². The molecule has 1 aliphatic heterocycles. The maximum atomic E-state index is 6.19. The molecule has 3 aromatic rings. The number of aryl methyl sites for hydroxylation is 1. The van der Waals surface area contributed by atoms with Crippen LogP contribution in [0.15, 0.2) is 65.9 Å². The smallest absolute Gasteiger partial charge is 0.191 e. The van der Waals surface area contributed by atoms with Crippen LogP contribution in [0.1, 0.15) is 23.1 Å². The second kappa shape index (κ2) is 10.1. The zero-order chi connectivity index (χ0) is 21.5. The Kier molecular flexibility index (Phi) is 6.84. The fourth-order valence-corrected chi connectivity index (χ4v) is 3.46. The summed E-state index contributed by atoms with van der Waals surface area (Å²) in [5.41, 5.74) is 4.39. The molecular weight excluding hydrogens is 390 g/mol. The number of benzene rings is 2. The van der Waals surface area contributed by atoms with Crippen LogP contribution in [0.5, 0.6) is 5.75 Å². The summed E-state index contributed by atoms with van der Waals surface area (Å²) in [4.78, 5) is 4.34. The third kappa shape index (κ3) is 5.64. The Morgan fingerprint density at radius 1 is 1.19 bits per heavy atom. The van der Waals surface area contributed by atoms with Gasteiger partial charge in [-0.2, -0.15) is 5.10 Å². The zero-order valence-electron chi connectivity index (χ0n) is 18.0. The van der Waals surface area contributed by atoms with Gasteiger partial charge in [-0.3, -0.25) is 4.99 Å². The van der Waals surface area contributed by atoms with Gasteiger partial charge in [-0.15, -0.1) is 0 Å². The first-order valence-corrected chi connectivity index (χ1v) is 10.6. The highest BCUT2D eigenvalue weighted by Gasteiger charge is 2.18. The molecule has 1 saturated heterocycles. The molecule has 1 fully saturated rings. The summed E-state index contributed by atoms with van der Waals surface area (Å²) >= 11 is 0. The molecule has 2 heterocycles. The van der Waals surface area contributed by atoms with E-state index in [1.165, 1.54) is 5.56 Å². The van der Waals surface area contributed by atoms with Crippen LogP contribution in [-0.2, 0) is 17.8 Å². The van der Waals surface area contributed by atoms with Gasteiger partial charge >= 0.3 is 0 Å². The van der Waals surface area contributed by atoms with Gasteiger partial charge in [-0.25, -0.2) is 4.68 Å². The lowest BCUT2D eigenvalue weighted by Crippen LogP contribution is -2.36. The average Bonchev–Trinajstić information content (AvgIpc) is 3.48. The van der Waals surface area contributed by atoms with E-state index < -0.39 is 0 Å². The van der Waals surface area contributed by atoms with Gasteiger partial charge in [0.15, 0.2) is 5.96 Å². The highest BCUT2D eigenvalue weighted by molar-refractivity contribution is 5.79. The molecule has 0 saturated carbocycles. The minimum atomic E-state index is 0.124. The Morgan fingerprint density at radius 2 is 2.03 bits per heavy atom. The predicted octanol–water partition coefficient (Wildman–Crippen LogP) is 3.21. The topological polar surface area (TPSA) is 72.7 Å². The SMILES string of the molecule is CN=C(NCc1cnn(-c2ccccc2)c1)NCc1ccc(C)cc1OC1CCOC1. The molecule has 31 heavy (non-hydrogen) atoms. The largest absolute Gasteiger partial charge is 0.488 e. The molecule has 162 valence electrons. The van der Waals surface area contributed by atoms with E-state index in [0.29, 0.717) is 19.7 Å². The molecule has 7 nitrogen and oxygen atoms in total. The van der Waals surface area contributed by atoms with Crippen LogP contribution >= 0.6 is 0 Å². The van der Waals surface area contributed by atoms with Crippen LogP contribution < -0.4 is 15.4 Å². The number of nitrogens with zero attached hydrogens (tertiary/aromatic N) is 3. The molecular formula is C24H29N5O2. The van der Waals surface area contributed by atoms with Crippen LogP contribution in [0.4, 0.5) is 0 Å². The van der Waals surface area contributed by atoms with E-state index in [9.17, 15) is 0 Å². The molecule has 1 aliphatic rings. The fourth-order valence-electron chi connectivity index (χ4n) is 3.46. The molecule has 0 amide bonds. The minimum absolute atomic E-state index is 0.124. The van der Waals surface area contributed by atoms with Gasteiger partial charge < -0.3 is 20.1 Å². The van der Waals surface area contributed by atoms with Crippen molar-refractivity contribution in [2.24, 2.45) is 4.99 Å². The Bertz CT molecular complexity index is 1010. The second-order valence-corrected chi connectivity index (χ2v) is 7.62. The minimum Gasteiger partial charge on any atom is -0.488 e. The molecule has 7 heteroatoms. The number of hydrogen-bond donors (Lipinski definition) is 2. The number of ether oxygens (including phenoxy) is 2. The maximum Gasteiger partial charge on any atom is 0.191 e. The van der Waals surface area contributed by atoms with E-state index in [2.05, 4.69) is 45.8 Å². The summed E-state index contributed by atoms with van der Waals surface area (Å²) in [5, 5.41) is 11.2. The van der Waals surface area contributed by atoms with Crippen molar-refractivity contribution in [2.75, 3.05) is 20.3 Å². The first kappa shape index (κ1) is 20.9. The first-order chi connectivity index (χ1) is 15.2. The maximum absolute atomic E-state index is 6.19. The Balaban J connectivity index is 1.33. The molecule has 4 rings (SSSR count). The number of guanidine groups is 1. The van der Waals surface area contributed by atoms with Crippen molar-refractivity contribution in [2.45, 2.75) is 32.5 Å². The number of rotatable bonds is 7. The predicted molar refractivity (Wildman–Crippen MR) is 122 cm³/mol. The summed E-state index contributed by atoms with van der Waals surface area (Å²) in [6, 6.07) is 16.4. The average molecular weight is 420 g/mol. The molecule has 1 unspecified atom stereocenters. The third-order valence-corrected chi connectivity index (χ3v) is 5.19. The van der Waals surface area contributed by atoms with Crippen molar-refractivity contribution in [3.05, 3.63) is 77.6 Å². The summed E-state index contributed by atoms with van der Waals surface area (Å²) in [6.45, 7) is 4.74. The number of nitrogens with one attached hydrogen (secondary N) is 2. The summed E-state index contributed by atoms with van der Waals surface area (Å²) < 4.78 is 13.5. The van der Waals surface area contributed by atoms with E-state index in [-0.39, 0.29) is 6.10 Å². The van der Waals surface area contributed by atoms with E-state index in [0.717, 1.165) is 41.6 Å². The molecule has 0 aliphatic carbocycles. The van der Waals surface area contributed by atoms with E-state index in [1.54, 1.807) is 7.05 Å². The molecule has 1 aromatic heterocycles. The highest BCUT2D eigenvalue weighted by atomic mass is 16.5. The lowest BCUT2D eigenvalue weighted by molar-refractivity contribution is 0.140. The van der Waals surface area contributed by atoms with Gasteiger partial charge in [-0.05, 0) is 30.7 Å². The van der Waals surface area contributed by atoms with Crippen molar-refractivity contribution in [1.82, 2.24) is 20.4 Å². The number of aromatic nitrogens is 2. The molecule has 2 aromatic carbocycles. The van der Waals surface area contributed by atoms with Gasteiger partial charge in [0.05, 0.1) is 25.1 Å². The zero-order valence-corrected chi connectivity index (χ0v) is 18.0. The van der Waals surface area contributed by atoms with Gasteiger partial charge in [-0.1, -0.05) is 30.3 Å². The lowest BCUT2D eigenvalue weighted by atomic mass is 10.1. The fraction of sp³-hybridized carbons (Fsp3) is 0.333. The van der Waals surface area contributed by atoms with Crippen LogP contribution in [0.3, 0.4) is 0 Å². The van der Waals surface area contributed by atoms with Crippen molar-refractivity contribution in [3.8, 4) is 11.4 Å². The third-order valence-electron chi connectivity index (χ3n) is 5.19. The molecule has 1 atom stereocenters. The molecule has 0 spiro atoms. The van der Waals surface area contributed by atoms with Crippen LogP contribution in [0.2, 0.25) is 0 Å². The van der Waals surface area contributed by atoms with Gasteiger partial charge in [0.2, 0.25) is 0 Å². The van der Waals surface area contributed by atoms with Gasteiger partial charge in [0, 0.05) is 43.9 Å². The summed E-state index contributed by atoms with van der Waals surface area (Å²) in [6.07, 6.45) is 4.94. The van der Waals surface area contributed by atoms with Crippen molar-refractivity contribution < 1.29 is 9.47 Å². The van der Waals surface area contributed by atoms with E-state index >= 15 is 0 Å². The van der Waals surface area contributed by atoms with E-state index in [1.807, 2.05) is 47.4 Å². The summed E-state index contributed by atoms with van der Waals surface area (Å²) in [5.74, 6) is 1.63. The number of hydrogen-bond acceptors (Lipinski definition) is 4. The van der Waals surface area contributed by atoms with Crippen molar-refractivity contribution in [1.29, 1.82) is 0 Å². The lowest BCUT2D eigenvalue weighted by Gasteiger charge is -2.18. The highest BCUT2D eigenvalue weighted by Crippen LogP contribution is 2.23. The monoisotopic (exact) mass is 419 g/mol. The summed E-state index contributed by atoms with van der Waals surface area (Å²) in [7, 11) is 1.77. The Hall–Kier alpha value is -3.32. The van der Waals surface area contributed by atoms with Crippen molar-refractivity contribution in [3.63, 3.8) is 0 Å².